The van der Waals surface area contributed by atoms with Crippen molar-refractivity contribution in [2.45, 2.75) is 20.0 Å². The van der Waals surface area contributed by atoms with Gasteiger partial charge < -0.3 is 18.9 Å². The lowest BCUT2D eigenvalue weighted by Gasteiger charge is -2.15. The van der Waals surface area contributed by atoms with Gasteiger partial charge in [0.2, 0.25) is 5.88 Å². The molecule has 210 valence electrons. The van der Waals surface area contributed by atoms with Gasteiger partial charge in [-0.3, -0.25) is 5.32 Å². The number of halogens is 1. The van der Waals surface area contributed by atoms with Crippen LogP contribution in [0.4, 0.5) is 14.9 Å². The highest BCUT2D eigenvalue weighted by atomic mass is 32.1. The first kappa shape index (κ1) is 27.6. The van der Waals surface area contributed by atoms with Crippen molar-refractivity contribution in [1.29, 1.82) is 0 Å². The van der Waals surface area contributed by atoms with Crippen LogP contribution in [0.1, 0.15) is 23.0 Å². The molecule has 0 saturated carbocycles. The number of ether oxygens (including phenoxy) is 4. The molecule has 41 heavy (non-hydrogen) atoms. The molecule has 11 nitrogen and oxygen atoms in total. The summed E-state index contributed by atoms with van der Waals surface area (Å²) < 4.78 is 36.3. The Hall–Kier alpha value is -4.91. The molecule has 3 heterocycles. The Kier molecular flexibility index (Phi) is 7.88. The molecule has 0 bridgehead atoms. The van der Waals surface area contributed by atoms with Gasteiger partial charge in [0, 0.05) is 17.7 Å². The summed E-state index contributed by atoms with van der Waals surface area (Å²) in [7, 11) is 2.78. The van der Waals surface area contributed by atoms with Gasteiger partial charge in [-0.2, -0.15) is 0 Å². The standard InChI is InChI=1S/C28H24FN5O6S/c1-14-7-17(25-21(8-14)33-24(37-3)12-31-25)26-34-20-9-18(29)22(10-23(20)41-26)39-13-15(2)40-28(36)32-16-5-6-19(30-11-16)27(35)38-4/h5-12,15H,13H2,1-4H3,(H,32,36). The number of nitrogens with one attached hydrogen (secondary N) is 1. The number of rotatable bonds is 8. The molecule has 1 amide bonds. The van der Waals surface area contributed by atoms with Crippen LogP contribution < -0.4 is 14.8 Å². The number of benzene rings is 2. The monoisotopic (exact) mass is 577 g/mol. The second-order valence-electron chi connectivity index (χ2n) is 8.94. The minimum absolute atomic E-state index is 0.00443. The third-order valence-corrected chi connectivity index (χ3v) is 6.89. The number of fused-ring (bicyclic) bond motifs is 2. The van der Waals surface area contributed by atoms with Gasteiger partial charge in [-0.1, -0.05) is 0 Å². The molecule has 5 aromatic rings. The van der Waals surface area contributed by atoms with Gasteiger partial charge >= 0.3 is 12.1 Å². The predicted octanol–water partition coefficient (Wildman–Crippen LogP) is 5.56. The van der Waals surface area contributed by atoms with E-state index in [1.807, 2.05) is 19.1 Å². The molecular weight excluding hydrogens is 553 g/mol. The van der Waals surface area contributed by atoms with Crippen LogP contribution in [0.2, 0.25) is 0 Å². The number of aryl methyl sites for hydroxylation is 1. The molecule has 0 aliphatic heterocycles. The quantitative estimate of drug-likeness (QED) is 0.234. The predicted molar refractivity (Wildman–Crippen MR) is 150 cm³/mol. The Labute approximate surface area is 237 Å². The summed E-state index contributed by atoms with van der Waals surface area (Å²) >= 11 is 1.37. The summed E-state index contributed by atoms with van der Waals surface area (Å²) in [6.07, 6.45) is 1.37. The van der Waals surface area contributed by atoms with E-state index in [0.29, 0.717) is 37.8 Å². The Balaban J connectivity index is 1.26. The molecule has 1 N–H and O–H groups in total. The van der Waals surface area contributed by atoms with Crippen molar-refractivity contribution in [2.75, 3.05) is 26.1 Å². The highest BCUT2D eigenvalue weighted by molar-refractivity contribution is 7.21. The van der Waals surface area contributed by atoms with Crippen LogP contribution in [0.3, 0.4) is 0 Å². The molecule has 1 atom stereocenters. The lowest BCUT2D eigenvalue weighted by molar-refractivity contribution is 0.0594. The van der Waals surface area contributed by atoms with Crippen molar-refractivity contribution in [1.82, 2.24) is 19.9 Å². The van der Waals surface area contributed by atoms with Gasteiger partial charge in [0.15, 0.2) is 11.6 Å². The van der Waals surface area contributed by atoms with E-state index in [9.17, 15) is 14.0 Å². The summed E-state index contributed by atoms with van der Waals surface area (Å²) in [5, 5.41) is 3.16. The van der Waals surface area contributed by atoms with Crippen molar-refractivity contribution >= 4 is 50.3 Å². The lowest BCUT2D eigenvalue weighted by Crippen LogP contribution is -2.25. The molecule has 2 aromatic carbocycles. The van der Waals surface area contributed by atoms with Gasteiger partial charge in [-0.15, -0.1) is 11.3 Å². The molecule has 3 aromatic heterocycles. The van der Waals surface area contributed by atoms with Gasteiger partial charge in [0.25, 0.3) is 0 Å². The minimum Gasteiger partial charge on any atom is -0.487 e. The van der Waals surface area contributed by atoms with E-state index in [-0.39, 0.29) is 18.1 Å². The van der Waals surface area contributed by atoms with Crippen LogP contribution in [-0.4, -0.2) is 58.9 Å². The molecule has 1 unspecified atom stereocenters. The number of thiazole rings is 1. The minimum atomic E-state index is -0.761. The molecule has 0 spiro atoms. The summed E-state index contributed by atoms with van der Waals surface area (Å²) in [4.78, 5) is 41.2. The van der Waals surface area contributed by atoms with E-state index in [2.05, 4.69) is 30.0 Å². The number of methoxy groups -OCH3 is 2. The van der Waals surface area contributed by atoms with Crippen molar-refractivity contribution < 1.29 is 32.9 Å². The zero-order chi connectivity index (χ0) is 29.1. The average molecular weight is 578 g/mol. The Morgan fingerprint density at radius 1 is 1.05 bits per heavy atom. The number of amides is 1. The number of carbonyl (C=O) groups excluding carboxylic acids is 2. The maximum atomic E-state index is 14.9. The number of aromatic nitrogens is 4. The molecule has 0 radical (unpaired) electrons. The zero-order valence-corrected chi connectivity index (χ0v) is 23.2. The van der Waals surface area contributed by atoms with E-state index in [4.69, 9.17) is 14.2 Å². The highest BCUT2D eigenvalue weighted by Crippen LogP contribution is 2.37. The molecular formula is C28H24FN5O6S. The maximum absolute atomic E-state index is 14.9. The summed E-state index contributed by atoms with van der Waals surface area (Å²) in [6.45, 7) is 3.46. The fourth-order valence-corrected chi connectivity index (χ4v) is 4.92. The second-order valence-corrected chi connectivity index (χ2v) is 9.97. The van der Waals surface area contributed by atoms with E-state index in [0.717, 1.165) is 11.1 Å². The number of carbonyl (C=O) groups is 2. The first-order chi connectivity index (χ1) is 19.7. The van der Waals surface area contributed by atoms with Gasteiger partial charge in [-0.05, 0) is 43.7 Å². The van der Waals surface area contributed by atoms with E-state index >= 15 is 0 Å². The first-order valence-electron chi connectivity index (χ1n) is 12.3. The number of pyridine rings is 1. The molecule has 5 rings (SSSR count). The van der Waals surface area contributed by atoms with Gasteiger partial charge in [0.1, 0.15) is 23.4 Å². The zero-order valence-electron chi connectivity index (χ0n) is 22.4. The van der Waals surface area contributed by atoms with Crippen LogP contribution >= 0.6 is 11.3 Å². The fraction of sp³-hybridized carbons (Fsp3) is 0.214. The van der Waals surface area contributed by atoms with Gasteiger partial charge in [-0.25, -0.2) is 33.9 Å². The summed E-state index contributed by atoms with van der Waals surface area (Å²) in [5.41, 5.74) is 3.97. The number of hydrogen-bond donors (Lipinski definition) is 1. The van der Waals surface area contributed by atoms with E-state index in [1.165, 1.54) is 50.0 Å². The normalized spacial score (nSPS) is 11.7. The number of esters is 1. The number of anilines is 1. The van der Waals surface area contributed by atoms with Crippen molar-refractivity contribution in [3.63, 3.8) is 0 Å². The fourth-order valence-electron chi connectivity index (χ4n) is 3.93. The Bertz CT molecular complexity index is 1760. The molecule has 0 saturated heterocycles. The molecule has 0 fully saturated rings. The molecule has 13 heteroatoms. The topological polar surface area (TPSA) is 135 Å². The third-order valence-electron chi connectivity index (χ3n) is 5.84. The Morgan fingerprint density at radius 3 is 2.61 bits per heavy atom. The van der Waals surface area contributed by atoms with Crippen LogP contribution in [0.25, 0.3) is 31.8 Å². The Morgan fingerprint density at radius 2 is 1.88 bits per heavy atom. The summed E-state index contributed by atoms with van der Waals surface area (Å²) in [5.74, 6) is -0.778. The number of hydrogen-bond acceptors (Lipinski definition) is 11. The van der Waals surface area contributed by atoms with Crippen molar-refractivity contribution in [2.24, 2.45) is 0 Å². The second kappa shape index (κ2) is 11.7. The van der Waals surface area contributed by atoms with E-state index < -0.39 is 24.0 Å². The van der Waals surface area contributed by atoms with Crippen LogP contribution in [-0.2, 0) is 9.47 Å². The van der Waals surface area contributed by atoms with Crippen molar-refractivity contribution in [3.05, 3.63) is 65.9 Å². The van der Waals surface area contributed by atoms with Crippen molar-refractivity contribution in [3.8, 4) is 22.2 Å². The largest absolute Gasteiger partial charge is 0.487 e. The maximum Gasteiger partial charge on any atom is 0.412 e. The summed E-state index contributed by atoms with van der Waals surface area (Å²) in [6, 6.07) is 9.64. The molecule has 0 aliphatic carbocycles. The van der Waals surface area contributed by atoms with Crippen LogP contribution in [0, 0.1) is 12.7 Å². The lowest BCUT2D eigenvalue weighted by atomic mass is 10.1. The van der Waals surface area contributed by atoms with Gasteiger partial charge in [0.05, 0.1) is 53.6 Å². The van der Waals surface area contributed by atoms with Crippen LogP contribution in [0.15, 0.2) is 48.8 Å². The number of nitrogens with zero attached hydrogens (tertiary/aromatic N) is 4. The SMILES string of the molecule is COC(=O)c1ccc(NC(=O)OC(C)COc2cc3sc(-c4cc(C)cc5nc(OC)cnc45)nc3cc2F)cn1. The third kappa shape index (κ3) is 6.14. The first-order valence-corrected chi connectivity index (χ1v) is 13.1. The smallest absolute Gasteiger partial charge is 0.412 e. The highest BCUT2D eigenvalue weighted by Gasteiger charge is 2.17. The molecule has 0 aliphatic rings. The average Bonchev–Trinajstić information content (AvgIpc) is 3.37. The van der Waals surface area contributed by atoms with E-state index in [1.54, 1.807) is 19.2 Å². The van der Waals surface area contributed by atoms with Crippen LogP contribution in [0.5, 0.6) is 11.6 Å².